The fourth-order valence-corrected chi connectivity index (χ4v) is 2.42. The lowest BCUT2D eigenvalue weighted by Crippen LogP contribution is -2.41. The Morgan fingerprint density at radius 3 is 2.81 bits per heavy atom. The monoisotopic (exact) mass is 240 g/mol. The van der Waals surface area contributed by atoms with Gasteiger partial charge in [0, 0.05) is 30.6 Å². The molecule has 1 aliphatic heterocycles. The fraction of sp³-hybridized carbons (Fsp3) is 0.500. The van der Waals surface area contributed by atoms with Gasteiger partial charge in [-0.3, -0.25) is 0 Å². The Labute approximate surface area is 101 Å². The molecule has 3 nitrogen and oxygen atoms in total. The topological polar surface area (TPSA) is 24.5 Å². The van der Waals surface area contributed by atoms with Crippen molar-refractivity contribution in [3.63, 3.8) is 0 Å². The molecule has 0 aliphatic carbocycles. The normalized spacial score (nSPS) is 17.4. The summed E-state index contributed by atoms with van der Waals surface area (Å²) in [7, 11) is 3.74. The second-order valence-corrected chi connectivity index (χ2v) is 4.71. The molecule has 1 fully saturated rings. The van der Waals surface area contributed by atoms with Gasteiger partial charge in [0.05, 0.1) is 7.11 Å². The lowest BCUT2D eigenvalue weighted by Gasteiger charge is -2.37. The van der Waals surface area contributed by atoms with Crippen LogP contribution in [0.2, 0.25) is 5.02 Å². The van der Waals surface area contributed by atoms with Gasteiger partial charge >= 0.3 is 0 Å². The number of likely N-dealkylation sites (N-methyl/N-ethyl adjacent to an activating group) is 1. The van der Waals surface area contributed by atoms with E-state index in [1.807, 2.05) is 6.07 Å². The number of hydrogen-bond acceptors (Lipinski definition) is 3. The molecule has 0 bridgehead atoms. The number of rotatable bonds is 4. The molecule has 0 amide bonds. The minimum Gasteiger partial charge on any atom is -0.305 e. The first kappa shape index (κ1) is 11.9. The van der Waals surface area contributed by atoms with Gasteiger partial charge < -0.3 is 9.74 Å². The molecule has 1 N–H and O–H groups in total. The average molecular weight is 241 g/mol. The molecule has 2 rings (SSSR count). The highest BCUT2D eigenvalue weighted by Gasteiger charge is 2.26. The molecule has 1 aromatic carbocycles. The number of nitrogens with zero attached hydrogens (tertiary/aromatic N) is 1. The van der Waals surface area contributed by atoms with Crippen LogP contribution in [-0.2, 0) is 11.4 Å². The van der Waals surface area contributed by atoms with Crippen LogP contribution in [0.1, 0.15) is 17.0 Å². The van der Waals surface area contributed by atoms with Crippen LogP contribution in [-0.4, -0.2) is 32.1 Å². The molecule has 1 aliphatic rings. The van der Waals surface area contributed by atoms with Crippen molar-refractivity contribution < 1.29 is 4.84 Å². The van der Waals surface area contributed by atoms with Crippen LogP contribution in [0.4, 0.5) is 0 Å². The molecule has 0 spiro atoms. The molecule has 16 heavy (non-hydrogen) atoms. The SMILES string of the molecule is CONCc1ccc(C2CN(C)C2)c(Cl)c1. The third kappa shape index (κ3) is 2.55. The molecule has 88 valence electrons. The van der Waals surface area contributed by atoms with Gasteiger partial charge in [-0.05, 0) is 24.2 Å². The Morgan fingerprint density at radius 1 is 1.50 bits per heavy atom. The van der Waals surface area contributed by atoms with Gasteiger partial charge in [-0.15, -0.1) is 0 Å². The standard InChI is InChI=1S/C12H17ClN2O/c1-15-7-10(8-15)11-4-3-9(5-12(11)13)6-14-16-2/h3-5,10,14H,6-8H2,1-2H3. The van der Waals surface area contributed by atoms with Crippen molar-refractivity contribution >= 4 is 11.6 Å². The third-order valence-corrected chi connectivity index (χ3v) is 3.32. The zero-order chi connectivity index (χ0) is 11.5. The van der Waals surface area contributed by atoms with E-state index in [0.29, 0.717) is 12.5 Å². The first-order valence-corrected chi connectivity index (χ1v) is 5.81. The molecular weight excluding hydrogens is 224 g/mol. The maximum atomic E-state index is 6.28. The number of halogens is 1. The molecule has 4 heteroatoms. The number of hydrogen-bond donors (Lipinski definition) is 1. The zero-order valence-corrected chi connectivity index (χ0v) is 10.4. The van der Waals surface area contributed by atoms with E-state index in [-0.39, 0.29) is 0 Å². The van der Waals surface area contributed by atoms with Gasteiger partial charge in [-0.1, -0.05) is 23.7 Å². The van der Waals surface area contributed by atoms with E-state index in [9.17, 15) is 0 Å². The van der Waals surface area contributed by atoms with E-state index >= 15 is 0 Å². The minimum absolute atomic E-state index is 0.599. The van der Waals surface area contributed by atoms with Crippen LogP contribution >= 0.6 is 11.6 Å². The minimum atomic E-state index is 0.599. The van der Waals surface area contributed by atoms with Crippen molar-refractivity contribution in [3.05, 3.63) is 34.3 Å². The lowest BCUT2D eigenvalue weighted by atomic mass is 9.91. The second kappa shape index (κ2) is 5.15. The summed E-state index contributed by atoms with van der Waals surface area (Å²) in [4.78, 5) is 7.10. The fourth-order valence-electron chi connectivity index (χ4n) is 2.06. The molecule has 0 saturated carbocycles. The molecule has 0 aromatic heterocycles. The smallest absolute Gasteiger partial charge is 0.0572 e. The number of hydroxylamine groups is 1. The van der Waals surface area contributed by atoms with Crippen LogP contribution in [0.15, 0.2) is 18.2 Å². The second-order valence-electron chi connectivity index (χ2n) is 4.30. The highest BCUT2D eigenvalue weighted by molar-refractivity contribution is 6.31. The molecule has 0 unspecified atom stereocenters. The summed E-state index contributed by atoms with van der Waals surface area (Å²) in [5.41, 5.74) is 5.22. The maximum absolute atomic E-state index is 6.28. The maximum Gasteiger partial charge on any atom is 0.0572 e. The molecular formula is C12H17ClN2O. The summed E-state index contributed by atoms with van der Waals surface area (Å²) in [6, 6.07) is 6.25. The molecule has 1 saturated heterocycles. The largest absolute Gasteiger partial charge is 0.305 e. The Morgan fingerprint density at radius 2 is 2.25 bits per heavy atom. The Kier molecular flexibility index (Phi) is 3.82. The van der Waals surface area contributed by atoms with Crippen molar-refractivity contribution in [2.24, 2.45) is 0 Å². The lowest BCUT2D eigenvalue weighted by molar-refractivity contribution is 0.0867. The van der Waals surface area contributed by atoms with Crippen LogP contribution in [0.5, 0.6) is 0 Å². The number of likely N-dealkylation sites (tertiary alicyclic amines) is 1. The van der Waals surface area contributed by atoms with E-state index in [0.717, 1.165) is 23.7 Å². The van der Waals surface area contributed by atoms with E-state index in [2.05, 4.69) is 29.6 Å². The Balaban J connectivity index is 2.05. The highest BCUT2D eigenvalue weighted by Crippen LogP contribution is 2.31. The summed E-state index contributed by atoms with van der Waals surface area (Å²) in [5.74, 6) is 0.599. The number of benzene rings is 1. The van der Waals surface area contributed by atoms with Crippen molar-refractivity contribution in [1.29, 1.82) is 0 Å². The van der Waals surface area contributed by atoms with Crippen molar-refractivity contribution in [2.75, 3.05) is 27.2 Å². The Bertz CT molecular complexity index is 364. The van der Waals surface area contributed by atoms with E-state index in [1.165, 1.54) is 5.56 Å². The predicted octanol–water partition coefficient (Wildman–Crippen LogP) is 2.02. The van der Waals surface area contributed by atoms with Gasteiger partial charge in [-0.25, -0.2) is 0 Å². The van der Waals surface area contributed by atoms with Gasteiger partial charge in [0.15, 0.2) is 0 Å². The molecule has 0 atom stereocenters. The van der Waals surface area contributed by atoms with Gasteiger partial charge in [0.1, 0.15) is 0 Å². The van der Waals surface area contributed by atoms with Gasteiger partial charge in [0.25, 0.3) is 0 Å². The van der Waals surface area contributed by atoms with Crippen molar-refractivity contribution in [1.82, 2.24) is 10.4 Å². The number of nitrogens with one attached hydrogen (secondary N) is 1. The van der Waals surface area contributed by atoms with E-state index < -0.39 is 0 Å². The predicted molar refractivity (Wildman–Crippen MR) is 65.5 cm³/mol. The summed E-state index contributed by atoms with van der Waals surface area (Å²) in [5, 5.41) is 0.869. The van der Waals surface area contributed by atoms with E-state index in [1.54, 1.807) is 7.11 Å². The van der Waals surface area contributed by atoms with Crippen molar-refractivity contribution in [2.45, 2.75) is 12.5 Å². The summed E-state index contributed by atoms with van der Waals surface area (Å²) in [6.45, 7) is 2.89. The molecule has 1 aromatic rings. The zero-order valence-electron chi connectivity index (χ0n) is 9.66. The highest BCUT2D eigenvalue weighted by atomic mass is 35.5. The average Bonchev–Trinajstić information content (AvgIpc) is 2.23. The summed E-state index contributed by atoms with van der Waals surface area (Å²) < 4.78 is 0. The van der Waals surface area contributed by atoms with Crippen molar-refractivity contribution in [3.8, 4) is 0 Å². The summed E-state index contributed by atoms with van der Waals surface area (Å²) >= 11 is 6.28. The molecule has 0 radical (unpaired) electrons. The van der Waals surface area contributed by atoms with Crippen LogP contribution in [0.25, 0.3) is 0 Å². The first-order valence-electron chi connectivity index (χ1n) is 5.43. The van der Waals surface area contributed by atoms with Crippen LogP contribution < -0.4 is 5.48 Å². The summed E-state index contributed by atoms with van der Waals surface area (Å²) in [6.07, 6.45) is 0. The quantitative estimate of drug-likeness (QED) is 0.815. The van der Waals surface area contributed by atoms with Crippen LogP contribution in [0, 0.1) is 0 Å². The van der Waals surface area contributed by atoms with Gasteiger partial charge in [-0.2, -0.15) is 5.48 Å². The van der Waals surface area contributed by atoms with E-state index in [4.69, 9.17) is 16.4 Å². The first-order chi connectivity index (χ1) is 7.70. The molecule has 1 heterocycles. The Hall–Kier alpha value is -0.610. The third-order valence-electron chi connectivity index (χ3n) is 2.99. The van der Waals surface area contributed by atoms with Gasteiger partial charge in [0.2, 0.25) is 0 Å². The van der Waals surface area contributed by atoms with Crippen LogP contribution in [0.3, 0.4) is 0 Å².